The Morgan fingerprint density at radius 2 is 2.02 bits per heavy atom. The fourth-order valence-corrected chi connectivity index (χ4v) is 8.19. The summed E-state index contributed by atoms with van der Waals surface area (Å²) < 4.78 is 51.8. The number of fused-ring (bicyclic) bond motifs is 5. The van der Waals surface area contributed by atoms with Gasteiger partial charge in [0.05, 0.1) is 50.8 Å². The molecule has 0 radical (unpaired) electrons. The van der Waals surface area contributed by atoms with E-state index in [0.29, 0.717) is 22.4 Å². The van der Waals surface area contributed by atoms with Crippen LogP contribution in [0.2, 0.25) is 0 Å². The van der Waals surface area contributed by atoms with E-state index in [9.17, 15) is 14.5 Å². The number of nitrogens with zero attached hydrogens (tertiary/aromatic N) is 7. The third kappa shape index (κ3) is 5.70. The number of nitrogens with two attached hydrogens (primary N) is 1. The minimum absolute atomic E-state index is 0.0719. The number of H-pyrrole nitrogens is 1. The van der Waals surface area contributed by atoms with Crippen molar-refractivity contribution in [2.75, 3.05) is 18.9 Å². The summed E-state index contributed by atoms with van der Waals surface area (Å²) in [5, 5.41) is 15.2. The number of anilines is 1. The number of aromatic nitrogens is 8. The van der Waals surface area contributed by atoms with Crippen LogP contribution in [0.5, 0.6) is 0 Å². The van der Waals surface area contributed by atoms with E-state index >= 15 is 0 Å². The largest absolute Gasteiger partial charge is 0.387 e. The molecule has 3 aliphatic heterocycles. The van der Waals surface area contributed by atoms with Gasteiger partial charge in [0.2, 0.25) is 7.58 Å². The minimum Gasteiger partial charge on any atom is -0.387 e. The van der Waals surface area contributed by atoms with Crippen LogP contribution in [-0.4, -0.2) is 94.0 Å². The Balaban J connectivity index is 1.12. The second-order valence-electron chi connectivity index (χ2n) is 9.99. The van der Waals surface area contributed by atoms with Gasteiger partial charge < -0.3 is 33.9 Å². The summed E-state index contributed by atoms with van der Waals surface area (Å²) in [5.41, 5.74) is 7.19. The van der Waals surface area contributed by atoms with Crippen molar-refractivity contribution in [3.63, 3.8) is 0 Å². The number of ether oxygens (including phenoxy) is 2. The molecule has 7 rings (SSSR count). The first kappa shape index (κ1) is 29.5. The first-order chi connectivity index (χ1) is 20.7. The highest BCUT2D eigenvalue weighted by Gasteiger charge is 2.48. The van der Waals surface area contributed by atoms with Crippen LogP contribution < -0.4 is 11.4 Å². The topological polar surface area (TPSA) is 225 Å². The number of aliphatic hydroxyl groups is 1. The molecule has 9 atom stereocenters. The lowest BCUT2D eigenvalue weighted by Gasteiger charge is -2.25. The zero-order valence-electron chi connectivity index (χ0n) is 21.9. The van der Waals surface area contributed by atoms with Gasteiger partial charge in [-0.25, -0.2) is 29.3 Å². The lowest BCUT2D eigenvalue weighted by atomic mass is 10.1. The molecule has 7 heterocycles. The van der Waals surface area contributed by atoms with E-state index < -0.39 is 62.8 Å². The molecule has 18 nitrogen and oxygen atoms in total. The van der Waals surface area contributed by atoms with Crippen molar-refractivity contribution in [2.24, 2.45) is 0 Å². The molecule has 3 aliphatic rings. The first-order valence-electron chi connectivity index (χ1n) is 12.9. The van der Waals surface area contributed by atoms with Gasteiger partial charge in [-0.3, -0.25) is 14.0 Å². The number of aromatic amines is 1. The summed E-state index contributed by atoms with van der Waals surface area (Å²) in [5.74, 6) is 0.225. The Kier molecular flexibility index (Phi) is 7.96. The fraction of sp³-hybridized carbons (Fsp3) is 0.524. The van der Waals surface area contributed by atoms with Gasteiger partial charge in [0.15, 0.2) is 17.1 Å². The van der Waals surface area contributed by atoms with Crippen LogP contribution in [-0.2, 0) is 38.7 Å². The average Bonchev–Trinajstić information content (AvgIpc) is 3.74. The molecule has 3 saturated heterocycles. The van der Waals surface area contributed by atoms with Crippen molar-refractivity contribution in [1.82, 2.24) is 39.1 Å². The number of hydrogen-bond acceptors (Lipinski definition) is 16. The highest BCUT2D eigenvalue weighted by molar-refractivity contribution is 8.44. The molecule has 0 aliphatic carbocycles. The number of thiol groups is 2. The molecule has 2 bridgehead atoms. The van der Waals surface area contributed by atoms with Gasteiger partial charge in [-0.2, -0.15) is 9.61 Å². The zero-order valence-corrected chi connectivity index (χ0v) is 25.5. The summed E-state index contributed by atoms with van der Waals surface area (Å²) in [4.78, 5) is 31.2. The van der Waals surface area contributed by atoms with Crippen molar-refractivity contribution in [3.8, 4) is 0 Å². The van der Waals surface area contributed by atoms with Crippen LogP contribution in [0.1, 0.15) is 18.1 Å². The molecule has 0 saturated carbocycles. The van der Waals surface area contributed by atoms with Crippen molar-refractivity contribution >= 4 is 61.5 Å². The second-order valence-corrected chi connectivity index (χ2v) is 14.8. The molecule has 2 unspecified atom stereocenters. The predicted molar refractivity (Wildman–Crippen MR) is 154 cm³/mol. The summed E-state index contributed by atoms with van der Waals surface area (Å²) in [6.07, 6.45) is -0.124. The summed E-state index contributed by atoms with van der Waals surface area (Å²) >= 11 is 8.67. The van der Waals surface area contributed by atoms with Crippen molar-refractivity contribution in [2.45, 2.75) is 55.7 Å². The van der Waals surface area contributed by atoms with Crippen molar-refractivity contribution < 1.29 is 37.2 Å². The zero-order chi connectivity index (χ0) is 29.9. The van der Waals surface area contributed by atoms with Gasteiger partial charge >= 0.3 is 12.5 Å². The third-order valence-electron chi connectivity index (χ3n) is 7.36. The third-order valence-corrected chi connectivity index (χ3v) is 10.4. The van der Waals surface area contributed by atoms with E-state index in [1.54, 1.807) is 4.57 Å². The summed E-state index contributed by atoms with van der Waals surface area (Å²) in [6.45, 7) is -4.21. The Morgan fingerprint density at radius 3 is 2.88 bits per heavy atom. The molecule has 0 aromatic carbocycles. The maximum Gasteiger partial charge on any atom is 0.386 e. The molecule has 43 heavy (non-hydrogen) atoms. The highest BCUT2D eigenvalue weighted by atomic mass is 32.7. The molecular formula is C21H25N9O9P2S2. The fourth-order valence-electron chi connectivity index (χ4n) is 5.34. The Morgan fingerprint density at radius 1 is 1.16 bits per heavy atom. The molecular weight excluding hydrogens is 648 g/mol. The maximum absolute atomic E-state index is 13.3. The van der Waals surface area contributed by atoms with Gasteiger partial charge in [0.25, 0.3) is 0 Å². The number of imidazole rings is 1. The Bertz CT molecular complexity index is 1760. The van der Waals surface area contributed by atoms with Crippen molar-refractivity contribution in [1.29, 1.82) is 0 Å². The van der Waals surface area contributed by atoms with Gasteiger partial charge in [0.1, 0.15) is 42.4 Å². The molecule has 22 heteroatoms. The summed E-state index contributed by atoms with van der Waals surface area (Å²) in [6, 6.07) is 0. The van der Waals surface area contributed by atoms with E-state index in [4.69, 9.17) is 33.3 Å². The number of nitrogen functional groups attached to an aromatic ring is 1. The lowest BCUT2D eigenvalue weighted by molar-refractivity contribution is -0.0316. The standard InChI is InChI=1S/C21H25N9O9P2S2/c22-18-15-20(25-6-23-18)29(8-27-15)3-12-17-16(31)14(37-12)5-35-41(33,43)39-11-1-10(36-13(11)4-34-40(42)38-17)9-2-28-30-19(9)24-7-26-21(30)32/h2,6-8,10-14,16-17,31,42H,1,3-5H2,(H,33,43)(H2,22,23,25)(H,24,26,32)/t10-,11+,12+,13-,14-,16-,17+,40?,41?/m1/s1. The van der Waals surface area contributed by atoms with Gasteiger partial charge in [0, 0.05) is 12.0 Å². The molecule has 0 amide bonds. The Hall–Kier alpha value is -2.22. The monoisotopic (exact) mass is 673 g/mol. The number of aliphatic hydroxyl groups excluding tert-OH is 1. The Labute approximate surface area is 253 Å². The summed E-state index contributed by atoms with van der Waals surface area (Å²) in [7, 11) is -1.86. The van der Waals surface area contributed by atoms with Crippen LogP contribution >= 0.6 is 38.9 Å². The van der Waals surface area contributed by atoms with E-state index in [1.807, 2.05) is 0 Å². The number of hydrogen-bond donors (Lipinski definition) is 5. The smallest absolute Gasteiger partial charge is 0.386 e. The van der Waals surface area contributed by atoms with E-state index in [-0.39, 0.29) is 32.0 Å². The van der Waals surface area contributed by atoms with Crippen molar-refractivity contribution in [3.05, 3.63) is 41.2 Å². The van der Waals surface area contributed by atoms with Crippen LogP contribution in [0.25, 0.3) is 16.8 Å². The normalized spacial score (nSPS) is 35.4. The van der Waals surface area contributed by atoms with Gasteiger partial charge in [-0.05, 0) is 0 Å². The van der Waals surface area contributed by atoms with E-state index in [0.717, 1.165) is 4.52 Å². The number of nitrogens with one attached hydrogen (secondary N) is 1. The average molecular weight is 674 g/mol. The van der Waals surface area contributed by atoms with Crippen LogP contribution in [0, 0.1) is 0 Å². The molecule has 0 spiro atoms. The molecule has 4 aromatic rings. The van der Waals surface area contributed by atoms with E-state index in [1.165, 1.54) is 25.2 Å². The molecule has 3 fully saturated rings. The lowest BCUT2D eigenvalue weighted by Crippen LogP contribution is -2.36. The van der Waals surface area contributed by atoms with Crippen LogP contribution in [0.4, 0.5) is 5.82 Å². The van der Waals surface area contributed by atoms with Crippen LogP contribution in [0.15, 0.2) is 30.0 Å². The molecule has 4 N–H and O–H groups in total. The number of rotatable bonds is 3. The minimum atomic E-state index is -3.99. The second kappa shape index (κ2) is 11.6. The molecule has 4 aromatic heterocycles. The van der Waals surface area contributed by atoms with Crippen LogP contribution in [0.3, 0.4) is 0 Å². The van der Waals surface area contributed by atoms with Gasteiger partial charge in [-0.1, -0.05) is 24.5 Å². The quantitative estimate of drug-likeness (QED) is 0.150. The SMILES string of the molecule is Nc1ncnc2c1ncn2C[C@@H]1O[C@@H]2COP(=O)(S)O[C@H]3C[C@H](c4cnn5c(=O)[nH]cnc45)O[C@@H]3COP(S)O[C@@H]1[C@@H]2O. The molecule has 230 valence electrons. The maximum atomic E-state index is 13.3. The van der Waals surface area contributed by atoms with E-state index in [2.05, 4.69) is 54.5 Å². The van der Waals surface area contributed by atoms with Gasteiger partial charge in [-0.15, -0.1) is 0 Å². The first-order valence-corrected chi connectivity index (χ1v) is 18.0. The predicted octanol–water partition coefficient (Wildman–Crippen LogP) is 0.810. The highest BCUT2D eigenvalue weighted by Crippen LogP contribution is 2.57.